The third-order valence-electron chi connectivity index (χ3n) is 3.53. The van der Waals surface area contributed by atoms with E-state index in [2.05, 4.69) is 51.2 Å². The van der Waals surface area contributed by atoms with Gasteiger partial charge in [-0.25, -0.2) is 0 Å². The van der Waals surface area contributed by atoms with Crippen molar-refractivity contribution in [3.8, 4) is 5.75 Å². The molecule has 1 unspecified atom stereocenters. The van der Waals surface area contributed by atoms with Gasteiger partial charge in [-0.3, -0.25) is 0 Å². The maximum Gasteiger partial charge on any atom is 0.121 e. The van der Waals surface area contributed by atoms with Crippen LogP contribution < -0.4 is 10.1 Å². The van der Waals surface area contributed by atoms with Gasteiger partial charge in [0, 0.05) is 12.6 Å². The molecular weight excluding hydrogens is 234 g/mol. The molecule has 0 aliphatic rings. The number of hydrogen-bond donors (Lipinski definition) is 1. The maximum atomic E-state index is 5.28. The van der Waals surface area contributed by atoms with E-state index in [1.54, 1.807) is 7.11 Å². The lowest BCUT2D eigenvalue weighted by molar-refractivity contribution is 0.411. The quantitative estimate of drug-likeness (QED) is 0.754. The lowest BCUT2D eigenvalue weighted by Gasteiger charge is -2.15. The van der Waals surface area contributed by atoms with Gasteiger partial charge in [-0.05, 0) is 43.4 Å². The van der Waals surface area contributed by atoms with E-state index in [-0.39, 0.29) is 0 Å². The van der Waals surface area contributed by atoms with E-state index in [0.717, 1.165) is 18.2 Å². The second-order valence-corrected chi connectivity index (χ2v) is 5.91. The predicted octanol–water partition coefficient (Wildman–Crippen LogP) is 4.31. The average molecular weight is 263 g/mol. The third-order valence-corrected chi connectivity index (χ3v) is 3.53. The molecule has 0 heterocycles. The zero-order valence-corrected chi connectivity index (χ0v) is 13.1. The van der Waals surface area contributed by atoms with Crippen molar-refractivity contribution in [2.75, 3.05) is 7.11 Å². The molecule has 1 N–H and O–H groups in total. The minimum atomic E-state index is 0.584. The SMILES string of the molecule is COc1ccc(CNC(C)CCCC(C)C)cc1C. The Kier molecular flexibility index (Phi) is 6.93. The first-order valence-corrected chi connectivity index (χ1v) is 7.39. The smallest absolute Gasteiger partial charge is 0.121 e. The number of benzene rings is 1. The van der Waals surface area contributed by atoms with Gasteiger partial charge < -0.3 is 10.1 Å². The summed E-state index contributed by atoms with van der Waals surface area (Å²) in [6.45, 7) is 9.88. The minimum absolute atomic E-state index is 0.584. The van der Waals surface area contributed by atoms with Crippen molar-refractivity contribution in [2.24, 2.45) is 5.92 Å². The summed E-state index contributed by atoms with van der Waals surface area (Å²) in [5, 5.41) is 3.60. The molecule has 0 saturated carbocycles. The highest BCUT2D eigenvalue weighted by Crippen LogP contribution is 2.18. The first-order valence-electron chi connectivity index (χ1n) is 7.39. The van der Waals surface area contributed by atoms with Gasteiger partial charge in [0.05, 0.1) is 7.11 Å². The van der Waals surface area contributed by atoms with Crippen LogP contribution in [0.5, 0.6) is 5.75 Å². The molecule has 2 nitrogen and oxygen atoms in total. The molecule has 0 aliphatic carbocycles. The summed E-state index contributed by atoms with van der Waals surface area (Å²) in [7, 11) is 1.72. The summed E-state index contributed by atoms with van der Waals surface area (Å²) < 4.78 is 5.28. The zero-order valence-electron chi connectivity index (χ0n) is 13.1. The van der Waals surface area contributed by atoms with Gasteiger partial charge in [0.1, 0.15) is 5.75 Å². The van der Waals surface area contributed by atoms with Gasteiger partial charge >= 0.3 is 0 Å². The van der Waals surface area contributed by atoms with Crippen LogP contribution in [0.1, 0.15) is 51.2 Å². The summed E-state index contributed by atoms with van der Waals surface area (Å²) in [5.74, 6) is 1.78. The molecule has 0 fully saturated rings. The molecule has 2 heteroatoms. The molecule has 0 spiro atoms. The Hall–Kier alpha value is -1.02. The fourth-order valence-corrected chi connectivity index (χ4v) is 2.28. The number of aryl methyl sites for hydroxylation is 1. The van der Waals surface area contributed by atoms with Gasteiger partial charge in [0.25, 0.3) is 0 Å². The van der Waals surface area contributed by atoms with E-state index < -0.39 is 0 Å². The molecule has 19 heavy (non-hydrogen) atoms. The topological polar surface area (TPSA) is 21.3 Å². The molecular formula is C17H29NO. The van der Waals surface area contributed by atoms with Crippen molar-refractivity contribution in [3.05, 3.63) is 29.3 Å². The molecule has 0 radical (unpaired) electrons. The Bertz CT molecular complexity index is 374. The van der Waals surface area contributed by atoms with Gasteiger partial charge in [-0.1, -0.05) is 38.8 Å². The fourth-order valence-electron chi connectivity index (χ4n) is 2.28. The van der Waals surface area contributed by atoms with Crippen molar-refractivity contribution in [3.63, 3.8) is 0 Å². The van der Waals surface area contributed by atoms with E-state index in [9.17, 15) is 0 Å². The van der Waals surface area contributed by atoms with Crippen LogP contribution in [0, 0.1) is 12.8 Å². The molecule has 1 aromatic rings. The summed E-state index contributed by atoms with van der Waals surface area (Å²) in [6.07, 6.45) is 3.90. The van der Waals surface area contributed by atoms with E-state index in [0.29, 0.717) is 6.04 Å². The number of ether oxygens (including phenoxy) is 1. The predicted molar refractivity (Wildman–Crippen MR) is 82.7 cm³/mol. The van der Waals surface area contributed by atoms with E-state index in [1.165, 1.54) is 30.4 Å². The molecule has 1 rings (SSSR count). The Balaban J connectivity index is 2.33. The lowest BCUT2D eigenvalue weighted by atomic mass is 10.0. The van der Waals surface area contributed by atoms with Crippen LogP contribution in [0.4, 0.5) is 0 Å². The summed E-state index contributed by atoms with van der Waals surface area (Å²) in [4.78, 5) is 0. The van der Waals surface area contributed by atoms with Crippen molar-refractivity contribution < 1.29 is 4.74 Å². The number of rotatable bonds is 8. The Labute approximate surface area is 118 Å². The zero-order chi connectivity index (χ0) is 14.3. The Morgan fingerprint density at radius 1 is 1.16 bits per heavy atom. The Morgan fingerprint density at radius 2 is 1.89 bits per heavy atom. The maximum absolute atomic E-state index is 5.28. The molecule has 0 saturated heterocycles. The summed E-state index contributed by atoms with van der Waals surface area (Å²) in [6, 6.07) is 6.98. The van der Waals surface area contributed by atoms with Crippen LogP contribution >= 0.6 is 0 Å². The van der Waals surface area contributed by atoms with Crippen LogP contribution in [0.25, 0.3) is 0 Å². The second kappa shape index (κ2) is 8.21. The van der Waals surface area contributed by atoms with Crippen LogP contribution in [0.3, 0.4) is 0 Å². The average Bonchev–Trinajstić information content (AvgIpc) is 2.36. The number of methoxy groups -OCH3 is 1. The molecule has 0 amide bonds. The molecule has 0 bridgehead atoms. The standard InChI is InChI=1S/C17H29NO/c1-13(2)7-6-8-15(4)18-12-16-9-10-17(19-5)14(3)11-16/h9-11,13,15,18H,6-8,12H2,1-5H3. The first-order chi connectivity index (χ1) is 9.02. The molecule has 0 aromatic heterocycles. The summed E-state index contributed by atoms with van der Waals surface area (Å²) >= 11 is 0. The van der Waals surface area contributed by atoms with Crippen LogP contribution in [0.2, 0.25) is 0 Å². The van der Waals surface area contributed by atoms with E-state index in [1.807, 2.05) is 0 Å². The van der Waals surface area contributed by atoms with E-state index >= 15 is 0 Å². The number of hydrogen-bond acceptors (Lipinski definition) is 2. The highest BCUT2D eigenvalue weighted by Gasteiger charge is 2.04. The fraction of sp³-hybridized carbons (Fsp3) is 0.647. The van der Waals surface area contributed by atoms with Gasteiger partial charge in [0.15, 0.2) is 0 Å². The van der Waals surface area contributed by atoms with Gasteiger partial charge in [-0.2, -0.15) is 0 Å². The minimum Gasteiger partial charge on any atom is -0.496 e. The third kappa shape index (κ3) is 6.11. The highest BCUT2D eigenvalue weighted by molar-refractivity contribution is 5.36. The van der Waals surface area contributed by atoms with Gasteiger partial charge in [-0.15, -0.1) is 0 Å². The summed E-state index contributed by atoms with van der Waals surface area (Å²) in [5.41, 5.74) is 2.53. The normalized spacial score (nSPS) is 12.7. The van der Waals surface area contributed by atoms with Crippen LogP contribution in [-0.2, 0) is 6.54 Å². The molecule has 1 atom stereocenters. The lowest BCUT2D eigenvalue weighted by Crippen LogP contribution is -2.25. The highest BCUT2D eigenvalue weighted by atomic mass is 16.5. The Morgan fingerprint density at radius 3 is 2.47 bits per heavy atom. The van der Waals surface area contributed by atoms with Crippen molar-refractivity contribution >= 4 is 0 Å². The van der Waals surface area contributed by atoms with Crippen LogP contribution in [0.15, 0.2) is 18.2 Å². The largest absolute Gasteiger partial charge is 0.496 e. The first kappa shape index (κ1) is 16.0. The van der Waals surface area contributed by atoms with Crippen LogP contribution in [-0.4, -0.2) is 13.2 Å². The second-order valence-electron chi connectivity index (χ2n) is 5.91. The molecule has 1 aromatic carbocycles. The van der Waals surface area contributed by atoms with Crippen molar-refractivity contribution in [2.45, 2.75) is 59.5 Å². The van der Waals surface area contributed by atoms with Crippen molar-refractivity contribution in [1.29, 1.82) is 0 Å². The monoisotopic (exact) mass is 263 g/mol. The molecule has 0 aliphatic heterocycles. The van der Waals surface area contributed by atoms with E-state index in [4.69, 9.17) is 4.74 Å². The molecule has 108 valence electrons. The van der Waals surface area contributed by atoms with Gasteiger partial charge in [0.2, 0.25) is 0 Å². The van der Waals surface area contributed by atoms with Crippen molar-refractivity contribution in [1.82, 2.24) is 5.32 Å². The number of nitrogens with one attached hydrogen (secondary N) is 1.